The summed E-state index contributed by atoms with van der Waals surface area (Å²) >= 11 is 0. The van der Waals surface area contributed by atoms with E-state index in [4.69, 9.17) is 9.47 Å². The van der Waals surface area contributed by atoms with Gasteiger partial charge in [0.15, 0.2) is 5.78 Å². The SMILES string of the molecule is CCOC(=O)C1=C(C)NC2=C(C(=O)CCC2)[C@@H]1c1ccc(OCC)cc1. The van der Waals surface area contributed by atoms with Crippen LogP contribution >= 0.6 is 0 Å². The predicted octanol–water partition coefficient (Wildman–Crippen LogP) is 3.62. The fourth-order valence-corrected chi connectivity index (χ4v) is 3.72. The third-order valence-electron chi connectivity index (χ3n) is 4.80. The standard InChI is InChI=1S/C21H25NO4/c1-4-25-15-11-9-14(10-12-15)19-18(21(24)26-5-2)13(3)22-16-7-6-8-17(23)20(16)19/h9-12,19,22H,4-8H2,1-3H3/t19-/m1/s1. The van der Waals surface area contributed by atoms with Crippen molar-refractivity contribution >= 4 is 11.8 Å². The van der Waals surface area contributed by atoms with E-state index in [1.807, 2.05) is 38.1 Å². The fraction of sp³-hybridized carbons (Fsp3) is 0.429. The normalized spacial score (nSPS) is 19.8. The molecule has 138 valence electrons. The molecular weight excluding hydrogens is 330 g/mol. The number of rotatable bonds is 5. The number of allylic oxidation sites excluding steroid dienone is 3. The third kappa shape index (κ3) is 3.39. The molecule has 0 aromatic heterocycles. The second kappa shape index (κ2) is 7.77. The molecule has 0 saturated heterocycles. The van der Waals surface area contributed by atoms with E-state index in [1.54, 1.807) is 6.92 Å². The first kappa shape index (κ1) is 18.2. The molecule has 0 amide bonds. The Morgan fingerprint density at radius 1 is 1.15 bits per heavy atom. The number of esters is 1. The molecule has 2 aliphatic rings. The summed E-state index contributed by atoms with van der Waals surface area (Å²) in [7, 11) is 0. The predicted molar refractivity (Wildman–Crippen MR) is 98.7 cm³/mol. The van der Waals surface area contributed by atoms with Gasteiger partial charge in [0, 0.05) is 29.3 Å². The van der Waals surface area contributed by atoms with Crippen molar-refractivity contribution < 1.29 is 19.1 Å². The Hall–Kier alpha value is -2.56. The van der Waals surface area contributed by atoms with Gasteiger partial charge < -0.3 is 14.8 Å². The molecule has 0 saturated carbocycles. The summed E-state index contributed by atoms with van der Waals surface area (Å²) in [6.07, 6.45) is 2.17. The van der Waals surface area contributed by atoms with Crippen LogP contribution in [0.4, 0.5) is 0 Å². The van der Waals surface area contributed by atoms with Gasteiger partial charge in [0.2, 0.25) is 0 Å². The molecule has 1 heterocycles. The lowest BCUT2D eigenvalue weighted by molar-refractivity contribution is -0.138. The van der Waals surface area contributed by atoms with Gasteiger partial charge in [-0.25, -0.2) is 4.79 Å². The van der Waals surface area contributed by atoms with Crippen LogP contribution in [-0.4, -0.2) is 25.0 Å². The van der Waals surface area contributed by atoms with Crippen LogP contribution in [0.3, 0.4) is 0 Å². The van der Waals surface area contributed by atoms with Gasteiger partial charge >= 0.3 is 5.97 Å². The Bertz CT molecular complexity index is 774. The van der Waals surface area contributed by atoms with Crippen molar-refractivity contribution in [1.82, 2.24) is 5.32 Å². The lowest BCUT2D eigenvalue weighted by atomic mass is 9.75. The zero-order chi connectivity index (χ0) is 18.7. The number of ether oxygens (including phenoxy) is 2. The number of carbonyl (C=O) groups is 2. The molecule has 0 radical (unpaired) electrons. The molecule has 0 unspecified atom stereocenters. The van der Waals surface area contributed by atoms with Crippen molar-refractivity contribution in [2.24, 2.45) is 0 Å². The van der Waals surface area contributed by atoms with E-state index in [2.05, 4.69) is 5.32 Å². The van der Waals surface area contributed by atoms with Crippen LogP contribution in [0.1, 0.15) is 51.5 Å². The maximum absolute atomic E-state index is 12.7. The largest absolute Gasteiger partial charge is 0.494 e. The number of Topliss-reactive ketones (excluding diaryl/α,β-unsaturated/α-hetero) is 1. The minimum Gasteiger partial charge on any atom is -0.494 e. The van der Waals surface area contributed by atoms with Crippen molar-refractivity contribution in [3.8, 4) is 5.75 Å². The summed E-state index contributed by atoms with van der Waals surface area (Å²) in [5, 5.41) is 3.28. The van der Waals surface area contributed by atoms with E-state index in [0.717, 1.165) is 35.5 Å². The molecule has 5 nitrogen and oxygen atoms in total. The molecular formula is C21H25NO4. The van der Waals surface area contributed by atoms with Crippen LogP contribution in [0, 0.1) is 0 Å². The van der Waals surface area contributed by atoms with Crippen LogP contribution in [0.2, 0.25) is 0 Å². The van der Waals surface area contributed by atoms with Crippen molar-refractivity contribution in [2.45, 2.75) is 46.0 Å². The molecule has 1 aromatic carbocycles. The zero-order valence-corrected chi connectivity index (χ0v) is 15.6. The van der Waals surface area contributed by atoms with Gasteiger partial charge in [-0.15, -0.1) is 0 Å². The lowest BCUT2D eigenvalue weighted by Crippen LogP contribution is -2.34. The Balaban J connectivity index is 2.09. The summed E-state index contributed by atoms with van der Waals surface area (Å²) < 4.78 is 10.8. The number of hydrogen-bond acceptors (Lipinski definition) is 5. The molecule has 0 bridgehead atoms. The Morgan fingerprint density at radius 2 is 1.88 bits per heavy atom. The minimum atomic E-state index is -0.395. The van der Waals surface area contributed by atoms with E-state index in [9.17, 15) is 9.59 Å². The van der Waals surface area contributed by atoms with Gasteiger partial charge in [0.05, 0.1) is 18.8 Å². The number of dihydropyridines is 1. The third-order valence-corrected chi connectivity index (χ3v) is 4.80. The van der Waals surface area contributed by atoms with Crippen LogP contribution in [0.15, 0.2) is 46.8 Å². The van der Waals surface area contributed by atoms with E-state index in [1.165, 1.54) is 0 Å². The Kier molecular flexibility index (Phi) is 5.45. The molecule has 1 atom stereocenters. The van der Waals surface area contributed by atoms with E-state index in [-0.39, 0.29) is 11.8 Å². The van der Waals surface area contributed by atoms with Crippen molar-refractivity contribution in [1.29, 1.82) is 0 Å². The van der Waals surface area contributed by atoms with Gasteiger partial charge in [0.25, 0.3) is 0 Å². The Labute approximate surface area is 154 Å². The average molecular weight is 355 g/mol. The summed E-state index contributed by atoms with van der Waals surface area (Å²) in [5.41, 5.74) is 3.82. The lowest BCUT2D eigenvalue weighted by Gasteiger charge is -2.34. The molecule has 0 spiro atoms. The molecule has 0 fully saturated rings. The summed E-state index contributed by atoms with van der Waals surface area (Å²) in [5.74, 6) is 0.106. The minimum absolute atomic E-state index is 0.104. The molecule has 3 rings (SSSR count). The Morgan fingerprint density at radius 3 is 2.54 bits per heavy atom. The number of nitrogens with one attached hydrogen (secondary N) is 1. The van der Waals surface area contributed by atoms with Gasteiger partial charge in [-0.3, -0.25) is 4.79 Å². The van der Waals surface area contributed by atoms with Gasteiger partial charge in [-0.05, 0) is 51.3 Å². The van der Waals surface area contributed by atoms with E-state index in [0.29, 0.717) is 30.8 Å². The second-order valence-corrected chi connectivity index (χ2v) is 6.49. The highest BCUT2D eigenvalue weighted by molar-refractivity contribution is 6.03. The molecule has 1 N–H and O–H groups in total. The van der Waals surface area contributed by atoms with Crippen LogP contribution in [0.5, 0.6) is 5.75 Å². The van der Waals surface area contributed by atoms with Crippen molar-refractivity contribution in [3.63, 3.8) is 0 Å². The highest BCUT2D eigenvalue weighted by atomic mass is 16.5. The maximum atomic E-state index is 12.7. The molecule has 26 heavy (non-hydrogen) atoms. The first-order valence-corrected chi connectivity index (χ1v) is 9.20. The monoisotopic (exact) mass is 355 g/mol. The van der Waals surface area contributed by atoms with Crippen LogP contribution in [-0.2, 0) is 14.3 Å². The molecule has 1 aliphatic heterocycles. The number of ketones is 1. The molecule has 1 aliphatic carbocycles. The maximum Gasteiger partial charge on any atom is 0.336 e. The van der Waals surface area contributed by atoms with Crippen molar-refractivity contribution in [3.05, 3.63) is 52.4 Å². The van der Waals surface area contributed by atoms with Gasteiger partial charge in [-0.2, -0.15) is 0 Å². The van der Waals surface area contributed by atoms with E-state index < -0.39 is 5.92 Å². The van der Waals surface area contributed by atoms with Crippen LogP contribution < -0.4 is 10.1 Å². The zero-order valence-electron chi connectivity index (χ0n) is 15.6. The number of carbonyl (C=O) groups excluding carboxylic acids is 2. The summed E-state index contributed by atoms with van der Waals surface area (Å²) in [6.45, 7) is 6.48. The van der Waals surface area contributed by atoms with Gasteiger partial charge in [0.1, 0.15) is 5.75 Å². The number of benzene rings is 1. The van der Waals surface area contributed by atoms with Gasteiger partial charge in [-0.1, -0.05) is 12.1 Å². The number of hydrogen-bond donors (Lipinski definition) is 1. The first-order chi connectivity index (χ1) is 12.6. The van der Waals surface area contributed by atoms with Crippen LogP contribution in [0.25, 0.3) is 0 Å². The van der Waals surface area contributed by atoms with E-state index >= 15 is 0 Å². The molecule has 5 heteroatoms. The first-order valence-electron chi connectivity index (χ1n) is 9.20. The van der Waals surface area contributed by atoms with Crippen molar-refractivity contribution in [2.75, 3.05) is 13.2 Å². The highest BCUT2D eigenvalue weighted by Gasteiger charge is 2.38. The molecule has 1 aromatic rings. The quantitative estimate of drug-likeness (QED) is 0.818. The topological polar surface area (TPSA) is 64.6 Å². The summed E-state index contributed by atoms with van der Waals surface area (Å²) in [4.78, 5) is 25.4. The second-order valence-electron chi connectivity index (χ2n) is 6.49. The summed E-state index contributed by atoms with van der Waals surface area (Å²) in [6, 6.07) is 7.62. The fourth-order valence-electron chi connectivity index (χ4n) is 3.72. The average Bonchev–Trinajstić information content (AvgIpc) is 2.62. The smallest absolute Gasteiger partial charge is 0.336 e. The highest BCUT2D eigenvalue weighted by Crippen LogP contribution is 2.42.